The van der Waals surface area contributed by atoms with Crippen LogP contribution in [0.1, 0.15) is 10.0 Å². The van der Waals surface area contributed by atoms with Gasteiger partial charge in [-0.25, -0.2) is 13.1 Å². The Morgan fingerprint density at radius 3 is 2.74 bits per heavy atom. The second kappa shape index (κ2) is 6.36. The minimum Gasteiger partial charge on any atom is -0.285 e. The average molecular weight is 370 g/mol. The minimum absolute atomic E-state index is 0.0210. The number of hydrogen-bond acceptors (Lipinski definition) is 6. The molecule has 2 aromatic heterocycles. The highest BCUT2D eigenvalue weighted by Gasteiger charge is 2.19. The zero-order valence-corrected chi connectivity index (χ0v) is 14.3. The molecule has 0 saturated heterocycles. The number of aromatic nitrogens is 4. The third-order valence-electron chi connectivity index (χ3n) is 3.03. The summed E-state index contributed by atoms with van der Waals surface area (Å²) in [4.78, 5) is 0.0210. The molecule has 23 heavy (non-hydrogen) atoms. The molecule has 0 bridgehead atoms. The number of rotatable bonds is 5. The molecular formula is C13H12ClN5O2S2. The Balaban J connectivity index is 1.82. The molecule has 0 aliphatic carbocycles. The average Bonchev–Trinajstić information content (AvgIpc) is 3.16. The maximum Gasteiger partial charge on any atom is 0.242 e. The van der Waals surface area contributed by atoms with Crippen molar-refractivity contribution in [1.29, 1.82) is 0 Å². The van der Waals surface area contributed by atoms with E-state index in [4.69, 9.17) is 11.6 Å². The second-order valence-electron chi connectivity index (χ2n) is 4.67. The lowest BCUT2D eigenvalue weighted by Gasteiger charge is -2.08. The van der Waals surface area contributed by atoms with E-state index in [1.807, 2.05) is 0 Å². The summed E-state index contributed by atoms with van der Waals surface area (Å²) in [5.74, 6) is 0. The van der Waals surface area contributed by atoms with E-state index in [-0.39, 0.29) is 16.5 Å². The van der Waals surface area contributed by atoms with Gasteiger partial charge in [-0.1, -0.05) is 17.7 Å². The van der Waals surface area contributed by atoms with Crippen molar-refractivity contribution in [2.24, 2.45) is 0 Å². The molecule has 0 aliphatic rings. The van der Waals surface area contributed by atoms with Crippen molar-refractivity contribution >= 4 is 33.0 Å². The summed E-state index contributed by atoms with van der Waals surface area (Å²) in [6.07, 6.45) is 3.34. The first-order valence-corrected chi connectivity index (χ1v) is 9.21. The molecule has 0 atom stereocenters. The highest BCUT2D eigenvalue weighted by Crippen LogP contribution is 2.27. The van der Waals surface area contributed by atoms with Crippen LogP contribution in [0.15, 0.2) is 35.5 Å². The Morgan fingerprint density at radius 1 is 1.30 bits per heavy atom. The largest absolute Gasteiger partial charge is 0.285 e. The molecule has 0 radical (unpaired) electrons. The number of nitrogens with one attached hydrogen (secondary N) is 2. The minimum atomic E-state index is -3.73. The lowest BCUT2D eigenvalue weighted by molar-refractivity contribution is 0.581. The van der Waals surface area contributed by atoms with Crippen LogP contribution in [0.3, 0.4) is 0 Å². The van der Waals surface area contributed by atoms with E-state index in [1.165, 1.54) is 17.4 Å². The third kappa shape index (κ3) is 3.58. The summed E-state index contributed by atoms with van der Waals surface area (Å²) >= 11 is 7.48. The van der Waals surface area contributed by atoms with Gasteiger partial charge in [-0.15, -0.1) is 21.5 Å². The van der Waals surface area contributed by atoms with Crippen LogP contribution in [0.4, 0.5) is 0 Å². The maximum atomic E-state index is 12.4. The molecule has 0 saturated carbocycles. The van der Waals surface area contributed by atoms with Gasteiger partial charge in [0.25, 0.3) is 0 Å². The van der Waals surface area contributed by atoms with Gasteiger partial charge in [-0.05, 0) is 24.6 Å². The molecule has 0 amide bonds. The van der Waals surface area contributed by atoms with Crippen molar-refractivity contribution in [2.45, 2.75) is 18.4 Å². The lowest BCUT2D eigenvalue weighted by atomic mass is 10.1. The first-order chi connectivity index (χ1) is 11.0. The first-order valence-electron chi connectivity index (χ1n) is 6.53. The molecule has 2 heterocycles. The predicted octanol–water partition coefficient (Wildman–Crippen LogP) is 2.37. The highest BCUT2D eigenvalue weighted by molar-refractivity contribution is 7.89. The molecule has 120 valence electrons. The van der Waals surface area contributed by atoms with Gasteiger partial charge in [0.05, 0.1) is 17.8 Å². The fourth-order valence-corrected chi connectivity index (χ4v) is 4.22. The van der Waals surface area contributed by atoms with E-state index in [9.17, 15) is 8.42 Å². The molecule has 0 unspecified atom stereocenters. The predicted molar refractivity (Wildman–Crippen MR) is 87.7 cm³/mol. The number of sulfonamides is 1. The summed E-state index contributed by atoms with van der Waals surface area (Å²) in [5.41, 5.74) is 1.61. The van der Waals surface area contributed by atoms with E-state index in [2.05, 4.69) is 25.1 Å². The van der Waals surface area contributed by atoms with E-state index >= 15 is 0 Å². The summed E-state index contributed by atoms with van der Waals surface area (Å²) < 4.78 is 27.2. The lowest BCUT2D eigenvalue weighted by Crippen LogP contribution is -2.23. The SMILES string of the molecule is Cc1nnc(CNS(=O)(=O)c2ccc(-c3cn[nH]c3)cc2Cl)s1. The number of hydrogen-bond donors (Lipinski definition) is 2. The van der Waals surface area contributed by atoms with Crippen molar-refractivity contribution in [2.75, 3.05) is 0 Å². The number of halogens is 1. The van der Waals surface area contributed by atoms with Gasteiger partial charge >= 0.3 is 0 Å². The van der Waals surface area contributed by atoms with Crippen LogP contribution in [-0.4, -0.2) is 28.8 Å². The van der Waals surface area contributed by atoms with Gasteiger partial charge in [0.2, 0.25) is 10.0 Å². The Morgan fingerprint density at radius 2 is 2.13 bits per heavy atom. The van der Waals surface area contributed by atoms with E-state index in [1.54, 1.807) is 31.5 Å². The van der Waals surface area contributed by atoms with Gasteiger partial charge in [0, 0.05) is 11.8 Å². The molecular weight excluding hydrogens is 358 g/mol. The topological polar surface area (TPSA) is 101 Å². The maximum absolute atomic E-state index is 12.4. The standard InChI is InChI=1S/C13H12ClN5O2S2/c1-8-18-19-13(22-8)7-17-23(20,21)12-3-2-9(4-11(12)14)10-5-15-16-6-10/h2-6,17H,7H2,1H3,(H,15,16). The van der Waals surface area contributed by atoms with Crippen LogP contribution in [0.2, 0.25) is 5.02 Å². The van der Waals surface area contributed by atoms with Crippen LogP contribution >= 0.6 is 22.9 Å². The zero-order valence-electron chi connectivity index (χ0n) is 11.9. The Labute approximate surface area is 141 Å². The van der Waals surface area contributed by atoms with E-state index in [0.717, 1.165) is 16.1 Å². The third-order valence-corrected chi connectivity index (χ3v) is 5.76. The number of benzene rings is 1. The normalized spacial score (nSPS) is 11.7. The summed E-state index contributed by atoms with van der Waals surface area (Å²) in [6.45, 7) is 1.88. The number of H-pyrrole nitrogens is 1. The smallest absolute Gasteiger partial charge is 0.242 e. The van der Waals surface area contributed by atoms with Gasteiger partial charge < -0.3 is 0 Å². The van der Waals surface area contributed by atoms with Crippen LogP contribution in [-0.2, 0) is 16.6 Å². The van der Waals surface area contributed by atoms with Crippen molar-refractivity contribution in [1.82, 2.24) is 25.1 Å². The van der Waals surface area contributed by atoms with Gasteiger partial charge in [-0.2, -0.15) is 5.10 Å². The van der Waals surface area contributed by atoms with E-state index < -0.39 is 10.0 Å². The molecule has 1 aromatic carbocycles. The molecule has 0 fully saturated rings. The Kier molecular flexibility index (Phi) is 4.44. The van der Waals surface area contributed by atoms with Crippen molar-refractivity contribution < 1.29 is 8.42 Å². The van der Waals surface area contributed by atoms with Crippen LogP contribution in [0.5, 0.6) is 0 Å². The first kappa shape index (κ1) is 16.1. The van der Waals surface area contributed by atoms with Gasteiger partial charge in [-0.3, -0.25) is 5.10 Å². The Bertz CT molecular complexity index is 922. The fraction of sp³-hybridized carbons (Fsp3) is 0.154. The van der Waals surface area contributed by atoms with Crippen molar-refractivity contribution in [3.63, 3.8) is 0 Å². The zero-order chi connectivity index (χ0) is 16.4. The molecule has 7 nitrogen and oxygen atoms in total. The second-order valence-corrected chi connectivity index (χ2v) is 8.08. The Hall–Kier alpha value is -1.81. The molecule has 10 heteroatoms. The molecule has 3 rings (SSSR count). The van der Waals surface area contributed by atoms with E-state index in [0.29, 0.717) is 5.01 Å². The summed E-state index contributed by atoms with van der Waals surface area (Å²) in [5, 5.41) is 15.8. The van der Waals surface area contributed by atoms with Crippen LogP contribution in [0, 0.1) is 6.92 Å². The molecule has 0 aliphatic heterocycles. The van der Waals surface area contributed by atoms with Crippen LogP contribution < -0.4 is 4.72 Å². The number of aryl methyl sites for hydroxylation is 1. The summed E-state index contributed by atoms with van der Waals surface area (Å²) in [6, 6.07) is 4.74. The van der Waals surface area contributed by atoms with Gasteiger partial charge in [0.1, 0.15) is 14.9 Å². The van der Waals surface area contributed by atoms with Gasteiger partial charge in [0.15, 0.2) is 0 Å². The van der Waals surface area contributed by atoms with Crippen LogP contribution in [0.25, 0.3) is 11.1 Å². The number of aromatic amines is 1. The van der Waals surface area contributed by atoms with Crippen molar-refractivity contribution in [3.8, 4) is 11.1 Å². The molecule has 0 spiro atoms. The summed E-state index contributed by atoms with van der Waals surface area (Å²) in [7, 11) is -3.73. The quantitative estimate of drug-likeness (QED) is 0.719. The fourth-order valence-electron chi connectivity index (χ4n) is 1.95. The highest BCUT2D eigenvalue weighted by atomic mass is 35.5. The number of nitrogens with zero attached hydrogens (tertiary/aromatic N) is 3. The van der Waals surface area contributed by atoms with Crippen molar-refractivity contribution in [3.05, 3.63) is 45.6 Å². The molecule has 2 N–H and O–H groups in total. The molecule has 3 aromatic rings. The monoisotopic (exact) mass is 369 g/mol.